The molecule has 1 atom stereocenters. The van der Waals surface area contributed by atoms with Crippen molar-refractivity contribution in [3.8, 4) is 0 Å². The molecule has 0 bridgehead atoms. The van der Waals surface area contributed by atoms with Gasteiger partial charge in [-0.25, -0.2) is 4.39 Å². The highest BCUT2D eigenvalue weighted by Gasteiger charge is 2.29. The molecule has 0 aliphatic rings. The van der Waals surface area contributed by atoms with E-state index >= 15 is 0 Å². The molecule has 5 heteroatoms. The second kappa shape index (κ2) is 6.71. The molecule has 0 saturated carbocycles. The number of carbonyl (C=O) groups excluding carboxylic acids is 1. The maximum absolute atomic E-state index is 13.4. The summed E-state index contributed by atoms with van der Waals surface area (Å²) in [4.78, 5) is 11.9. The van der Waals surface area contributed by atoms with Crippen LogP contribution >= 0.6 is 12.4 Å². The summed E-state index contributed by atoms with van der Waals surface area (Å²) >= 11 is 0. The summed E-state index contributed by atoms with van der Waals surface area (Å²) in [5.74, 6) is -0.777. The summed E-state index contributed by atoms with van der Waals surface area (Å²) in [6, 6.07) is 5.91. The Morgan fingerprint density at radius 1 is 1.44 bits per heavy atom. The summed E-state index contributed by atoms with van der Waals surface area (Å²) in [5, 5.41) is 2.80. The lowest BCUT2D eigenvalue weighted by Crippen LogP contribution is -2.55. The van der Waals surface area contributed by atoms with Gasteiger partial charge in [0.1, 0.15) is 5.82 Å². The Bertz CT molecular complexity index is 412. The van der Waals surface area contributed by atoms with E-state index in [0.29, 0.717) is 6.54 Å². The number of halogens is 2. The molecule has 1 amide bonds. The molecule has 1 unspecified atom stereocenters. The minimum Gasteiger partial charge on any atom is -0.345 e. The zero-order valence-corrected chi connectivity index (χ0v) is 11.7. The lowest BCUT2D eigenvalue weighted by molar-refractivity contribution is 0.0879. The third-order valence-electron chi connectivity index (χ3n) is 3.22. The lowest BCUT2D eigenvalue weighted by Gasteiger charge is -2.33. The Balaban J connectivity index is 0.00000289. The molecule has 0 aromatic heterocycles. The molecule has 0 fully saturated rings. The van der Waals surface area contributed by atoms with Crippen LogP contribution in [0.3, 0.4) is 0 Å². The molecule has 0 radical (unpaired) electrons. The van der Waals surface area contributed by atoms with E-state index in [-0.39, 0.29) is 23.9 Å². The largest absolute Gasteiger partial charge is 0.345 e. The smallest absolute Gasteiger partial charge is 0.254 e. The quantitative estimate of drug-likeness (QED) is 0.886. The number of hydrogen-bond donors (Lipinski definition) is 2. The number of nitrogens with two attached hydrogens (primary N) is 1. The van der Waals surface area contributed by atoms with Gasteiger partial charge in [-0.05, 0) is 25.0 Å². The third kappa shape index (κ3) is 3.68. The van der Waals surface area contributed by atoms with Crippen LogP contribution in [0.15, 0.2) is 24.3 Å². The first-order valence-corrected chi connectivity index (χ1v) is 5.68. The predicted molar refractivity (Wildman–Crippen MR) is 73.4 cm³/mol. The molecule has 3 N–H and O–H groups in total. The van der Waals surface area contributed by atoms with Crippen molar-refractivity contribution in [2.45, 2.75) is 26.3 Å². The van der Waals surface area contributed by atoms with Crippen molar-refractivity contribution in [1.82, 2.24) is 5.32 Å². The summed E-state index contributed by atoms with van der Waals surface area (Å²) in [5.41, 5.74) is 5.18. The van der Waals surface area contributed by atoms with Crippen LogP contribution in [-0.2, 0) is 0 Å². The van der Waals surface area contributed by atoms with Gasteiger partial charge in [0.25, 0.3) is 5.91 Å². The van der Waals surface area contributed by atoms with E-state index in [1.807, 2.05) is 20.8 Å². The van der Waals surface area contributed by atoms with Crippen molar-refractivity contribution in [3.05, 3.63) is 35.6 Å². The van der Waals surface area contributed by atoms with E-state index in [0.717, 1.165) is 0 Å². The lowest BCUT2D eigenvalue weighted by atomic mass is 9.88. The van der Waals surface area contributed by atoms with Gasteiger partial charge in [-0.2, -0.15) is 0 Å². The molecule has 0 spiro atoms. The van der Waals surface area contributed by atoms with Gasteiger partial charge in [-0.1, -0.05) is 26.0 Å². The van der Waals surface area contributed by atoms with Crippen LogP contribution in [0, 0.1) is 11.7 Å². The van der Waals surface area contributed by atoms with E-state index in [9.17, 15) is 9.18 Å². The van der Waals surface area contributed by atoms with Gasteiger partial charge < -0.3 is 11.1 Å². The first kappa shape index (κ1) is 16.9. The standard InChI is InChI=1S/C13H19FN2O.ClH/c1-9(2)13(3,8-15)16-12(17)10-6-4-5-7-11(10)14;/h4-7,9H,8,15H2,1-3H3,(H,16,17);1H. The fraction of sp³-hybridized carbons (Fsp3) is 0.462. The first-order chi connectivity index (χ1) is 7.90. The fourth-order valence-electron chi connectivity index (χ4n) is 1.40. The highest BCUT2D eigenvalue weighted by atomic mass is 35.5. The molecule has 102 valence electrons. The number of hydrogen-bond acceptors (Lipinski definition) is 2. The second-order valence-corrected chi connectivity index (χ2v) is 4.71. The maximum atomic E-state index is 13.4. The van der Waals surface area contributed by atoms with Crippen LogP contribution in [0.5, 0.6) is 0 Å². The Kier molecular flexibility index (Phi) is 6.29. The highest BCUT2D eigenvalue weighted by molar-refractivity contribution is 5.94. The zero-order valence-electron chi connectivity index (χ0n) is 10.9. The normalized spacial score (nSPS) is 13.7. The average Bonchev–Trinajstić information content (AvgIpc) is 2.29. The molecular formula is C13H20ClFN2O. The van der Waals surface area contributed by atoms with Gasteiger partial charge in [0, 0.05) is 6.54 Å². The summed E-state index contributed by atoms with van der Waals surface area (Å²) in [7, 11) is 0. The number of benzene rings is 1. The number of carbonyl (C=O) groups is 1. The Hall–Kier alpha value is -1.13. The van der Waals surface area contributed by atoms with E-state index < -0.39 is 17.3 Å². The molecule has 0 aliphatic heterocycles. The Morgan fingerprint density at radius 3 is 2.44 bits per heavy atom. The van der Waals surface area contributed by atoms with Gasteiger partial charge in [-0.3, -0.25) is 4.79 Å². The molecule has 18 heavy (non-hydrogen) atoms. The monoisotopic (exact) mass is 274 g/mol. The van der Waals surface area contributed by atoms with Gasteiger partial charge in [0.05, 0.1) is 11.1 Å². The van der Waals surface area contributed by atoms with E-state index in [4.69, 9.17) is 5.73 Å². The van der Waals surface area contributed by atoms with E-state index in [1.54, 1.807) is 12.1 Å². The van der Waals surface area contributed by atoms with Crippen LogP contribution in [0.2, 0.25) is 0 Å². The minimum atomic E-state index is -0.528. The van der Waals surface area contributed by atoms with Crippen LogP contribution in [-0.4, -0.2) is 18.0 Å². The molecule has 1 aromatic carbocycles. The highest BCUT2D eigenvalue weighted by Crippen LogP contribution is 2.16. The maximum Gasteiger partial charge on any atom is 0.254 e. The van der Waals surface area contributed by atoms with Gasteiger partial charge >= 0.3 is 0 Å². The predicted octanol–water partition coefficient (Wildman–Crippen LogP) is 2.35. The zero-order chi connectivity index (χ0) is 13.1. The molecule has 0 saturated heterocycles. The number of nitrogens with one attached hydrogen (secondary N) is 1. The fourth-order valence-corrected chi connectivity index (χ4v) is 1.40. The van der Waals surface area contributed by atoms with Gasteiger partial charge in [0.2, 0.25) is 0 Å². The Morgan fingerprint density at radius 2 is 2.00 bits per heavy atom. The van der Waals surface area contributed by atoms with Gasteiger partial charge in [0.15, 0.2) is 0 Å². The van der Waals surface area contributed by atoms with Crippen molar-refractivity contribution in [3.63, 3.8) is 0 Å². The van der Waals surface area contributed by atoms with Crippen LogP contribution in [0.4, 0.5) is 4.39 Å². The molecule has 3 nitrogen and oxygen atoms in total. The van der Waals surface area contributed by atoms with E-state index in [2.05, 4.69) is 5.32 Å². The summed E-state index contributed by atoms with van der Waals surface area (Å²) in [6.45, 7) is 6.10. The summed E-state index contributed by atoms with van der Waals surface area (Å²) < 4.78 is 13.4. The SMILES string of the molecule is CC(C)C(C)(CN)NC(=O)c1ccccc1F.Cl. The first-order valence-electron chi connectivity index (χ1n) is 5.68. The average molecular weight is 275 g/mol. The van der Waals surface area contributed by atoms with Crippen LogP contribution in [0.25, 0.3) is 0 Å². The van der Waals surface area contributed by atoms with Crippen LogP contribution in [0.1, 0.15) is 31.1 Å². The van der Waals surface area contributed by atoms with Crippen molar-refractivity contribution in [1.29, 1.82) is 0 Å². The number of rotatable bonds is 4. The number of amides is 1. The second-order valence-electron chi connectivity index (χ2n) is 4.71. The third-order valence-corrected chi connectivity index (χ3v) is 3.22. The minimum absolute atomic E-state index is 0. The molecule has 0 heterocycles. The topological polar surface area (TPSA) is 55.1 Å². The molecule has 1 rings (SSSR count). The molecule has 1 aromatic rings. The van der Waals surface area contributed by atoms with Crippen LogP contribution < -0.4 is 11.1 Å². The molecular weight excluding hydrogens is 255 g/mol. The Labute approximate surface area is 113 Å². The van der Waals surface area contributed by atoms with Crippen molar-refractivity contribution >= 4 is 18.3 Å². The van der Waals surface area contributed by atoms with Crippen molar-refractivity contribution in [2.24, 2.45) is 11.7 Å². The van der Waals surface area contributed by atoms with E-state index in [1.165, 1.54) is 12.1 Å². The van der Waals surface area contributed by atoms with Crippen molar-refractivity contribution < 1.29 is 9.18 Å². The van der Waals surface area contributed by atoms with Crippen molar-refractivity contribution in [2.75, 3.05) is 6.54 Å². The van der Waals surface area contributed by atoms with Gasteiger partial charge in [-0.15, -0.1) is 12.4 Å². The molecule has 0 aliphatic carbocycles. The summed E-state index contributed by atoms with van der Waals surface area (Å²) in [6.07, 6.45) is 0.